The third-order valence-electron chi connectivity index (χ3n) is 7.30. The van der Waals surface area contributed by atoms with E-state index in [0.29, 0.717) is 18.0 Å². The van der Waals surface area contributed by atoms with Gasteiger partial charge in [-0.25, -0.2) is 8.78 Å². The normalized spacial score (nSPS) is 15.1. The Bertz CT molecular complexity index is 1180. The van der Waals surface area contributed by atoms with Crippen molar-refractivity contribution in [3.63, 3.8) is 0 Å². The number of amides is 1. The maximum Gasteiger partial charge on any atom is 0.252 e. The highest BCUT2D eigenvalue weighted by molar-refractivity contribution is 5.97. The summed E-state index contributed by atoms with van der Waals surface area (Å²) in [4.78, 5) is 17.6. The minimum Gasteiger partial charge on any atom is -0.378 e. The van der Waals surface area contributed by atoms with Crippen LogP contribution in [0.1, 0.15) is 66.6 Å². The number of carbonyl (C=O) groups excluding carboxylic acids is 1. The van der Waals surface area contributed by atoms with Crippen molar-refractivity contribution in [3.05, 3.63) is 101 Å². The molecule has 0 bridgehead atoms. The van der Waals surface area contributed by atoms with Gasteiger partial charge < -0.3 is 10.2 Å². The van der Waals surface area contributed by atoms with Gasteiger partial charge in [0.1, 0.15) is 11.6 Å². The molecular weight excluding hydrogens is 480 g/mol. The van der Waals surface area contributed by atoms with Gasteiger partial charge in [0.15, 0.2) is 0 Å². The molecule has 0 spiro atoms. The fraction of sp³-hybridized carbons (Fsp3) is 0.406. The topological polar surface area (TPSA) is 35.6 Å². The van der Waals surface area contributed by atoms with Crippen molar-refractivity contribution in [2.24, 2.45) is 5.92 Å². The first kappa shape index (κ1) is 27.8. The van der Waals surface area contributed by atoms with Gasteiger partial charge in [0, 0.05) is 43.3 Å². The molecule has 1 N–H and O–H groups in total. The van der Waals surface area contributed by atoms with Crippen LogP contribution in [0.4, 0.5) is 14.5 Å². The number of likely N-dealkylation sites (tertiary alicyclic amines) is 1. The number of halogens is 2. The van der Waals surface area contributed by atoms with Crippen molar-refractivity contribution < 1.29 is 13.6 Å². The van der Waals surface area contributed by atoms with Crippen molar-refractivity contribution in [1.82, 2.24) is 10.2 Å². The van der Waals surface area contributed by atoms with E-state index in [2.05, 4.69) is 22.3 Å². The summed E-state index contributed by atoms with van der Waals surface area (Å²) in [7, 11) is 3.95. The molecule has 1 amide bonds. The van der Waals surface area contributed by atoms with Crippen LogP contribution in [-0.2, 0) is 6.54 Å². The summed E-state index contributed by atoms with van der Waals surface area (Å²) in [5.74, 6) is -0.146. The molecule has 0 saturated carbocycles. The fourth-order valence-electron chi connectivity index (χ4n) is 5.36. The minimum atomic E-state index is -0.323. The second-order valence-electron chi connectivity index (χ2n) is 11.6. The molecule has 4 rings (SSSR count). The van der Waals surface area contributed by atoms with Crippen molar-refractivity contribution in [2.75, 3.05) is 32.1 Å². The van der Waals surface area contributed by atoms with E-state index in [4.69, 9.17) is 0 Å². The molecule has 0 unspecified atom stereocenters. The Morgan fingerprint density at radius 1 is 0.921 bits per heavy atom. The van der Waals surface area contributed by atoms with Gasteiger partial charge in [-0.3, -0.25) is 9.69 Å². The van der Waals surface area contributed by atoms with Crippen LogP contribution in [0.15, 0.2) is 66.7 Å². The fourth-order valence-corrected chi connectivity index (χ4v) is 5.36. The van der Waals surface area contributed by atoms with Crippen molar-refractivity contribution >= 4 is 11.6 Å². The largest absolute Gasteiger partial charge is 0.378 e. The molecule has 4 nitrogen and oxygen atoms in total. The van der Waals surface area contributed by atoms with E-state index < -0.39 is 0 Å². The molecule has 1 saturated heterocycles. The summed E-state index contributed by atoms with van der Waals surface area (Å²) >= 11 is 0. The van der Waals surface area contributed by atoms with E-state index in [9.17, 15) is 13.6 Å². The predicted octanol–water partition coefficient (Wildman–Crippen LogP) is 6.60. The molecular formula is C32H39F2N3O. The van der Waals surface area contributed by atoms with E-state index >= 15 is 0 Å². The highest BCUT2D eigenvalue weighted by atomic mass is 19.1. The van der Waals surface area contributed by atoms with E-state index in [1.807, 2.05) is 70.1 Å². The summed E-state index contributed by atoms with van der Waals surface area (Å²) in [5.41, 5.74) is 4.51. The molecule has 3 aromatic rings. The van der Waals surface area contributed by atoms with Crippen molar-refractivity contribution in [1.29, 1.82) is 0 Å². The van der Waals surface area contributed by atoms with Crippen LogP contribution < -0.4 is 10.2 Å². The van der Waals surface area contributed by atoms with E-state index in [1.165, 1.54) is 24.3 Å². The van der Waals surface area contributed by atoms with Gasteiger partial charge >= 0.3 is 0 Å². The molecule has 1 aliphatic heterocycles. The van der Waals surface area contributed by atoms with Gasteiger partial charge in [-0.1, -0.05) is 30.3 Å². The number of nitrogens with one attached hydrogen (secondary N) is 1. The first-order valence-corrected chi connectivity index (χ1v) is 13.4. The lowest BCUT2D eigenvalue weighted by Crippen LogP contribution is -2.41. The molecule has 1 heterocycles. The second-order valence-corrected chi connectivity index (χ2v) is 11.6. The highest BCUT2D eigenvalue weighted by Crippen LogP contribution is 2.38. The Morgan fingerprint density at radius 2 is 1.45 bits per heavy atom. The molecule has 202 valence electrons. The maximum absolute atomic E-state index is 13.7. The van der Waals surface area contributed by atoms with Crippen LogP contribution in [0, 0.1) is 17.6 Å². The molecule has 38 heavy (non-hydrogen) atoms. The van der Waals surface area contributed by atoms with Gasteiger partial charge in [-0.15, -0.1) is 0 Å². The minimum absolute atomic E-state index is 0.0567. The van der Waals surface area contributed by atoms with Crippen LogP contribution >= 0.6 is 0 Å². The van der Waals surface area contributed by atoms with Crippen molar-refractivity contribution in [2.45, 2.75) is 51.6 Å². The summed E-state index contributed by atoms with van der Waals surface area (Å²) in [6.45, 7) is 8.45. The number of rotatable bonds is 7. The number of hydrogen-bond acceptors (Lipinski definition) is 3. The molecule has 0 atom stereocenters. The van der Waals surface area contributed by atoms with Crippen LogP contribution in [0.2, 0.25) is 0 Å². The SMILES string of the molecule is CN(C)c1ccc(CN2CCC(C(c3ccc(F)cc3)c3ccc(F)cc3)CC2)c(C(=O)NC(C)(C)C)c1. The lowest BCUT2D eigenvalue weighted by atomic mass is 9.76. The summed E-state index contributed by atoms with van der Waals surface area (Å²) in [6.07, 6.45) is 1.91. The van der Waals surface area contributed by atoms with Gasteiger partial charge in [-0.05, 0) is 106 Å². The average Bonchev–Trinajstić information content (AvgIpc) is 2.86. The van der Waals surface area contributed by atoms with Crippen LogP contribution in [0.5, 0.6) is 0 Å². The Morgan fingerprint density at radius 3 is 1.92 bits per heavy atom. The van der Waals surface area contributed by atoms with E-state index in [-0.39, 0.29) is 29.0 Å². The van der Waals surface area contributed by atoms with Crippen LogP contribution in [0.25, 0.3) is 0 Å². The monoisotopic (exact) mass is 519 g/mol. The molecule has 1 aliphatic rings. The number of benzene rings is 3. The summed E-state index contributed by atoms with van der Waals surface area (Å²) < 4.78 is 27.3. The zero-order valence-corrected chi connectivity index (χ0v) is 23.1. The quantitative estimate of drug-likeness (QED) is 0.382. The smallest absolute Gasteiger partial charge is 0.252 e. The average molecular weight is 520 g/mol. The zero-order valence-electron chi connectivity index (χ0n) is 23.1. The number of piperidine rings is 1. The molecule has 6 heteroatoms. The molecule has 0 aliphatic carbocycles. The number of nitrogens with zero attached hydrogens (tertiary/aromatic N) is 2. The number of hydrogen-bond donors (Lipinski definition) is 1. The Balaban J connectivity index is 1.52. The van der Waals surface area contributed by atoms with Gasteiger partial charge in [0.05, 0.1) is 0 Å². The van der Waals surface area contributed by atoms with Crippen LogP contribution in [0.3, 0.4) is 0 Å². The highest BCUT2D eigenvalue weighted by Gasteiger charge is 2.30. The zero-order chi connectivity index (χ0) is 27.4. The molecule has 0 aromatic heterocycles. The molecule has 3 aromatic carbocycles. The second kappa shape index (κ2) is 11.6. The van der Waals surface area contributed by atoms with E-state index in [0.717, 1.165) is 48.3 Å². The standard InChI is InChI=1S/C32H39F2N3O/c1-32(2,3)35-31(38)29-20-28(36(4)5)15-10-25(29)21-37-18-16-24(17-19-37)30(22-6-11-26(33)12-7-22)23-8-13-27(34)14-9-23/h6-15,20,24,30H,16-19,21H2,1-5H3,(H,35,38). The Labute approximate surface area is 225 Å². The number of anilines is 1. The van der Waals surface area contributed by atoms with Gasteiger partial charge in [0.2, 0.25) is 0 Å². The maximum atomic E-state index is 13.7. The number of carbonyl (C=O) groups is 1. The lowest BCUT2D eigenvalue weighted by Gasteiger charge is -2.37. The Kier molecular flexibility index (Phi) is 8.51. The van der Waals surface area contributed by atoms with Crippen molar-refractivity contribution in [3.8, 4) is 0 Å². The summed E-state index contributed by atoms with van der Waals surface area (Å²) in [6, 6.07) is 19.5. The first-order chi connectivity index (χ1) is 18.0. The molecule has 1 fully saturated rings. The van der Waals surface area contributed by atoms with Gasteiger partial charge in [0.25, 0.3) is 5.91 Å². The van der Waals surface area contributed by atoms with E-state index in [1.54, 1.807) is 0 Å². The molecule has 0 radical (unpaired) electrons. The first-order valence-electron chi connectivity index (χ1n) is 13.4. The third-order valence-corrected chi connectivity index (χ3v) is 7.30. The predicted molar refractivity (Wildman–Crippen MR) is 151 cm³/mol. The summed E-state index contributed by atoms with van der Waals surface area (Å²) in [5, 5.41) is 3.12. The van der Waals surface area contributed by atoms with Gasteiger partial charge in [-0.2, -0.15) is 0 Å². The Hall–Kier alpha value is -3.25. The van der Waals surface area contributed by atoms with Crippen LogP contribution in [-0.4, -0.2) is 43.5 Å². The third kappa shape index (κ3) is 6.98. The lowest BCUT2D eigenvalue weighted by molar-refractivity contribution is 0.0916.